The summed E-state index contributed by atoms with van der Waals surface area (Å²) in [5.41, 5.74) is 4.02. The van der Waals surface area contributed by atoms with Crippen molar-refractivity contribution in [2.24, 2.45) is 5.92 Å². The minimum atomic E-state index is 0.536. The molecule has 6 heteroatoms. The van der Waals surface area contributed by atoms with Gasteiger partial charge in [0.2, 0.25) is 5.95 Å². The number of nitrogens with zero attached hydrogens (tertiary/aromatic N) is 2. The van der Waals surface area contributed by atoms with Gasteiger partial charge in [0.1, 0.15) is 11.6 Å². The number of nitrogens with one attached hydrogen (secondary N) is 4. The molecule has 0 aliphatic heterocycles. The average molecular weight is 362 g/mol. The zero-order valence-electron chi connectivity index (χ0n) is 15.8. The van der Waals surface area contributed by atoms with E-state index in [0.29, 0.717) is 18.3 Å². The monoisotopic (exact) mass is 362 g/mol. The maximum atomic E-state index is 7.18. The van der Waals surface area contributed by atoms with Crippen LogP contribution in [0.3, 0.4) is 0 Å². The van der Waals surface area contributed by atoms with Crippen LogP contribution in [-0.4, -0.2) is 23.2 Å². The number of aromatic nitrogens is 2. The van der Waals surface area contributed by atoms with Crippen LogP contribution in [0.4, 0.5) is 17.5 Å². The van der Waals surface area contributed by atoms with Gasteiger partial charge < -0.3 is 21.4 Å². The van der Waals surface area contributed by atoms with Gasteiger partial charge in [-0.25, -0.2) is 4.98 Å². The number of hydrogen-bond acceptors (Lipinski definition) is 6. The topological polar surface area (TPSA) is 85.7 Å². The molecule has 6 nitrogen and oxygen atoms in total. The molecular formula is C21H26N6. The van der Waals surface area contributed by atoms with E-state index in [1.54, 1.807) is 0 Å². The molecule has 1 aromatic heterocycles. The van der Waals surface area contributed by atoms with E-state index in [9.17, 15) is 0 Å². The third kappa shape index (κ3) is 5.41. The molecule has 0 spiro atoms. The van der Waals surface area contributed by atoms with Crippen LogP contribution < -0.4 is 16.0 Å². The molecule has 0 saturated heterocycles. The Morgan fingerprint density at radius 2 is 2.00 bits per heavy atom. The summed E-state index contributed by atoms with van der Waals surface area (Å²) in [4.78, 5) is 9.03. The maximum absolute atomic E-state index is 7.18. The first-order valence-electron chi connectivity index (χ1n) is 9.13. The summed E-state index contributed by atoms with van der Waals surface area (Å²) < 4.78 is 0. The van der Waals surface area contributed by atoms with E-state index in [1.807, 2.05) is 50.4 Å². The first-order valence-corrected chi connectivity index (χ1v) is 9.13. The SMILES string of the molecule is C=C(/C=C(\NC)Nc1cc(C)nc(Nc2ccc(CC=N)cc2)n1)C1CC1. The third-order valence-electron chi connectivity index (χ3n) is 4.37. The van der Waals surface area contributed by atoms with Crippen LogP contribution in [0.2, 0.25) is 0 Å². The fraction of sp³-hybridized carbons (Fsp3) is 0.286. The Hall–Kier alpha value is -3.15. The van der Waals surface area contributed by atoms with Crippen molar-refractivity contribution in [2.45, 2.75) is 26.2 Å². The van der Waals surface area contributed by atoms with Gasteiger partial charge in [0.05, 0.1) is 0 Å². The lowest BCUT2D eigenvalue weighted by Gasteiger charge is -2.13. The highest BCUT2D eigenvalue weighted by Crippen LogP contribution is 2.36. The van der Waals surface area contributed by atoms with Crippen LogP contribution in [-0.2, 0) is 6.42 Å². The Kier molecular flexibility index (Phi) is 5.86. The van der Waals surface area contributed by atoms with Gasteiger partial charge in [-0.3, -0.25) is 0 Å². The van der Waals surface area contributed by atoms with Gasteiger partial charge in [0.25, 0.3) is 0 Å². The molecule has 1 aromatic carbocycles. The summed E-state index contributed by atoms with van der Waals surface area (Å²) in [6.45, 7) is 6.08. The molecule has 0 radical (unpaired) electrons. The fourth-order valence-electron chi connectivity index (χ4n) is 2.73. The number of rotatable bonds is 9. The largest absolute Gasteiger partial charge is 0.375 e. The number of allylic oxidation sites excluding steroid dienone is 2. The summed E-state index contributed by atoms with van der Waals surface area (Å²) in [6, 6.07) is 9.83. The van der Waals surface area contributed by atoms with E-state index < -0.39 is 0 Å². The van der Waals surface area contributed by atoms with E-state index in [0.717, 1.165) is 34.2 Å². The molecule has 0 unspecified atom stereocenters. The Bertz CT molecular complexity index is 849. The zero-order valence-corrected chi connectivity index (χ0v) is 15.8. The highest BCUT2D eigenvalue weighted by atomic mass is 15.2. The molecule has 1 heterocycles. The van der Waals surface area contributed by atoms with Crippen molar-refractivity contribution in [3.8, 4) is 0 Å². The second kappa shape index (κ2) is 8.49. The molecular weight excluding hydrogens is 336 g/mol. The highest BCUT2D eigenvalue weighted by molar-refractivity contribution is 5.60. The minimum absolute atomic E-state index is 0.536. The van der Waals surface area contributed by atoms with Crippen LogP contribution in [0.15, 0.2) is 54.4 Å². The maximum Gasteiger partial charge on any atom is 0.229 e. The molecule has 1 fully saturated rings. The predicted octanol–water partition coefficient (Wildman–Crippen LogP) is 4.16. The Balaban J connectivity index is 1.73. The molecule has 1 saturated carbocycles. The molecule has 2 aromatic rings. The van der Waals surface area contributed by atoms with Crippen molar-refractivity contribution >= 4 is 23.7 Å². The van der Waals surface area contributed by atoms with E-state index in [2.05, 4.69) is 32.5 Å². The second-order valence-electron chi connectivity index (χ2n) is 6.73. The van der Waals surface area contributed by atoms with Crippen molar-refractivity contribution in [2.75, 3.05) is 17.7 Å². The average Bonchev–Trinajstić information content (AvgIpc) is 3.48. The zero-order chi connectivity index (χ0) is 19.2. The highest BCUT2D eigenvalue weighted by Gasteiger charge is 2.23. The number of hydrogen-bond donors (Lipinski definition) is 4. The molecule has 0 atom stereocenters. The van der Waals surface area contributed by atoms with Gasteiger partial charge in [-0.15, -0.1) is 0 Å². The minimum Gasteiger partial charge on any atom is -0.375 e. The van der Waals surface area contributed by atoms with Crippen LogP contribution in [0, 0.1) is 18.3 Å². The molecule has 1 aliphatic carbocycles. The molecule has 1 aliphatic rings. The van der Waals surface area contributed by atoms with Crippen molar-refractivity contribution in [1.29, 1.82) is 5.41 Å². The van der Waals surface area contributed by atoms with E-state index in [4.69, 9.17) is 5.41 Å². The second-order valence-corrected chi connectivity index (χ2v) is 6.73. The van der Waals surface area contributed by atoms with Gasteiger partial charge in [0, 0.05) is 30.9 Å². The van der Waals surface area contributed by atoms with E-state index >= 15 is 0 Å². The Morgan fingerprint density at radius 1 is 1.26 bits per heavy atom. The summed E-state index contributed by atoms with van der Waals surface area (Å²) >= 11 is 0. The van der Waals surface area contributed by atoms with Crippen molar-refractivity contribution in [3.05, 3.63) is 65.6 Å². The van der Waals surface area contributed by atoms with Crippen molar-refractivity contribution < 1.29 is 0 Å². The lowest BCUT2D eigenvalue weighted by molar-refractivity contribution is 0.962. The summed E-state index contributed by atoms with van der Waals surface area (Å²) in [7, 11) is 1.88. The normalized spacial score (nSPS) is 13.8. The lowest BCUT2D eigenvalue weighted by atomic mass is 10.1. The van der Waals surface area contributed by atoms with Crippen LogP contribution in [0.5, 0.6) is 0 Å². The Labute approximate surface area is 160 Å². The molecule has 0 bridgehead atoms. The van der Waals surface area contributed by atoms with Crippen LogP contribution in [0.1, 0.15) is 24.1 Å². The molecule has 140 valence electrons. The molecule has 3 rings (SSSR count). The number of anilines is 3. The van der Waals surface area contributed by atoms with Gasteiger partial charge >= 0.3 is 0 Å². The fourth-order valence-corrected chi connectivity index (χ4v) is 2.73. The summed E-state index contributed by atoms with van der Waals surface area (Å²) in [5.74, 6) is 2.74. The quantitative estimate of drug-likeness (QED) is 0.397. The van der Waals surface area contributed by atoms with Gasteiger partial charge in [-0.2, -0.15) is 4.98 Å². The first kappa shape index (κ1) is 18.6. The number of benzene rings is 1. The van der Waals surface area contributed by atoms with E-state index in [1.165, 1.54) is 19.1 Å². The molecule has 0 amide bonds. The predicted molar refractivity (Wildman–Crippen MR) is 112 cm³/mol. The summed E-state index contributed by atoms with van der Waals surface area (Å²) in [6.07, 6.45) is 6.54. The van der Waals surface area contributed by atoms with Gasteiger partial charge in [-0.05, 0) is 61.2 Å². The number of aryl methyl sites for hydroxylation is 1. The molecule has 27 heavy (non-hydrogen) atoms. The smallest absolute Gasteiger partial charge is 0.229 e. The summed E-state index contributed by atoms with van der Waals surface area (Å²) in [5, 5.41) is 16.9. The Morgan fingerprint density at radius 3 is 2.63 bits per heavy atom. The lowest BCUT2D eigenvalue weighted by Crippen LogP contribution is -2.16. The van der Waals surface area contributed by atoms with Gasteiger partial charge in [-0.1, -0.05) is 18.7 Å². The van der Waals surface area contributed by atoms with Gasteiger partial charge in [0.15, 0.2) is 0 Å². The van der Waals surface area contributed by atoms with Crippen LogP contribution in [0.25, 0.3) is 0 Å². The van der Waals surface area contributed by atoms with Crippen molar-refractivity contribution in [3.63, 3.8) is 0 Å². The van der Waals surface area contributed by atoms with Crippen LogP contribution >= 0.6 is 0 Å². The van der Waals surface area contributed by atoms with E-state index in [-0.39, 0.29) is 0 Å². The third-order valence-corrected chi connectivity index (χ3v) is 4.37. The standard InChI is InChI=1S/C21H26N6/c1-14(17-6-7-17)12-19(23-3)26-20-13-15(2)24-21(27-20)25-18-8-4-16(5-9-18)10-11-22/h4-5,8-9,11-13,17,22-23H,1,6-7,10H2,2-3H3,(H2,24,25,26,27)/b19-12+,22-11?. The first-order chi connectivity index (χ1) is 13.1. The van der Waals surface area contributed by atoms with Crippen molar-refractivity contribution in [1.82, 2.24) is 15.3 Å². The molecule has 4 N–H and O–H groups in total.